The van der Waals surface area contributed by atoms with E-state index < -0.39 is 6.61 Å². The van der Waals surface area contributed by atoms with Crippen LogP contribution in [0.4, 0.5) is 8.78 Å². The first kappa shape index (κ1) is 13.5. The average molecular weight is 270 g/mol. The summed E-state index contributed by atoms with van der Waals surface area (Å²) in [5, 5.41) is 3.09. The Balaban J connectivity index is 1.88. The highest BCUT2D eigenvalue weighted by atomic mass is 19.3. The molecule has 7 heteroatoms. The first-order valence-electron chi connectivity index (χ1n) is 6.09. The second-order valence-corrected chi connectivity index (χ2v) is 4.35. The number of hydrogen-bond acceptors (Lipinski definition) is 3. The van der Waals surface area contributed by atoms with Crippen molar-refractivity contribution in [1.82, 2.24) is 10.3 Å². The van der Waals surface area contributed by atoms with Crippen LogP contribution in [0, 0.1) is 0 Å². The number of guanidine groups is 1. The molecule has 0 atom stereocenters. The number of aliphatic imine (C=N–C) groups is 1. The molecule has 104 valence electrons. The molecule has 0 bridgehead atoms. The lowest BCUT2D eigenvalue weighted by atomic mass is 9.93. The van der Waals surface area contributed by atoms with Crippen LogP contribution in [0.2, 0.25) is 0 Å². The van der Waals surface area contributed by atoms with Crippen LogP contribution in [0.15, 0.2) is 23.3 Å². The largest absolute Gasteiger partial charge is 0.417 e. The normalized spacial score (nSPS) is 16.3. The number of ether oxygens (including phenoxy) is 1. The Morgan fingerprint density at radius 2 is 2.37 bits per heavy atom. The molecule has 2 rings (SSSR count). The third kappa shape index (κ3) is 4.35. The Morgan fingerprint density at radius 1 is 1.58 bits per heavy atom. The number of rotatable bonds is 5. The standard InChI is InChI=1S/C12H16F2N4O/c13-11(14)19-10-6-8(4-5-16-10)7-17-12(15)18-9-2-1-3-9/h4-6,9,11H,1-3,7H2,(H3,15,17,18). The molecule has 0 amide bonds. The highest BCUT2D eigenvalue weighted by Gasteiger charge is 2.17. The second-order valence-electron chi connectivity index (χ2n) is 4.35. The van der Waals surface area contributed by atoms with Gasteiger partial charge in [-0.1, -0.05) is 0 Å². The van der Waals surface area contributed by atoms with E-state index in [1.54, 1.807) is 6.07 Å². The number of alkyl halides is 2. The Bertz CT molecular complexity index is 449. The van der Waals surface area contributed by atoms with E-state index in [1.165, 1.54) is 18.7 Å². The molecule has 0 aromatic carbocycles. The fraction of sp³-hybridized carbons (Fsp3) is 0.500. The van der Waals surface area contributed by atoms with Crippen molar-refractivity contribution in [1.29, 1.82) is 0 Å². The summed E-state index contributed by atoms with van der Waals surface area (Å²) in [5.74, 6) is 0.256. The molecule has 19 heavy (non-hydrogen) atoms. The van der Waals surface area contributed by atoms with Crippen molar-refractivity contribution >= 4 is 5.96 Å². The third-order valence-electron chi connectivity index (χ3n) is 2.90. The van der Waals surface area contributed by atoms with Gasteiger partial charge in [-0.25, -0.2) is 9.98 Å². The molecule has 1 aliphatic carbocycles. The van der Waals surface area contributed by atoms with Crippen LogP contribution < -0.4 is 15.8 Å². The Labute approximate surface area is 109 Å². The minimum absolute atomic E-state index is 0.117. The van der Waals surface area contributed by atoms with Crippen molar-refractivity contribution < 1.29 is 13.5 Å². The van der Waals surface area contributed by atoms with Crippen molar-refractivity contribution in [2.24, 2.45) is 10.7 Å². The average Bonchev–Trinajstić information content (AvgIpc) is 2.31. The number of hydrogen-bond donors (Lipinski definition) is 2. The molecule has 1 heterocycles. The van der Waals surface area contributed by atoms with Gasteiger partial charge in [0.1, 0.15) is 0 Å². The van der Waals surface area contributed by atoms with Gasteiger partial charge in [0.15, 0.2) is 5.96 Å². The third-order valence-corrected chi connectivity index (χ3v) is 2.90. The van der Waals surface area contributed by atoms with Crippen LogP contribution in [0.3, 0.4) is 0 Å². The quantitative estimate of drug-likeness (QED) is 0.630. The van der Waals surface area contributed by atoms with E-state index in [2.05, 4.69) is 20.0 Å². The second kappa shape index (κ2) is 6.31. The van der Waals surface area contributed by atoms with Crippen molar-refractivity contribution in [3.05, 3.63) is 23.9 Å². The molecular weight excluding hydrogens is 254 g/mol. The van der Waals surface area contributed by atoms with Crippen LogP contribution in [0.5, 0.6) is 5.88 Å². The molecule has 0 radical (unpaired) electrons. The van der Waals surface area contributed by atoms with Gasteiger partial charge in [0.25, 0.3) is 0 Å². The summed E-state index contributed by atoms with van der Waals surface area (Å²) < 4.78 is 28.3. The van der Waals surface area contributed by atoms with E-state index in [0.29, 0.717) is 24.1 Å². The van der Waals surface area contributed by atoms with Gasteiger partial charge in [0.2, 0.25) is 5.88 Å². The predicted octanol–water partition coefficient (Wildman–Crippen LogP) is 1.64. The Hall–Kier alpha value is -1.92. The highest BCUT2D eigenvalue weighted by Crippen LogP contribution is 2.17. The fourth-order valence-electron chi connectivity index (χ4n) is 1.69. The van der Waals surface area contributed by atoms with Gasteiger partial charge >= 0.3 is 6.61 Å². The lowest BCUT2D eigenvalue weighted by Crippen LogP contribution is -2.43. The number of halogens is 2. The van der Waals surface area contributed by atoms with Gasteiger partial charge in [-0.15, -0.1) is 0 Å². The molecule has 1 fully saturated rings. The van der Waals surface area contributed by atoms with Gasteiger partial charge in [-0.3, -0.25) is 0 Å². The van der Waals surface area contributed by atoms with E-state index >= 15 is 0 Å². The minimum atomic E-state index is -2.88. The number of nitrogens with zero attached hydrogens (tertiary/aromatic N) is 2. The molecule has 0 spiro atoms. The number of nitrogens with two attached hydrogens (primary N) is 1. The summed E-state index contributed by atoms with van der Waals surface area (Å²) in [7, 11) is 0. The molecule has 0 aliphatic heterocycles. The van der Waals surface area contributed by atoms with E-state index in [4.69, 9.17) is 5.73 Å². The maximum Gasteiger partial charge on any atom is 0.388 e. The molecule has 0 saturated heterocycles. The Morgan fingerprint density at radius 3 is 3.00 bits per heavy atom. The summed E-state index contributed by atoms with van der Waals surface area (Å²) in [6.07, 6.45) is 4.83. The zero-order valence-electron chi connectivity index (χ0n) is 10.4. The molecule has 0 unspecified atom stereocenters. The number of pyridine rings is 1. The summed E-state index contributed by atoms with van der Waals surface area (Å²) in [6.45, 7) is -2.58. The van der Waals surface area contributed by atoms with Crippen LogP contribution >= 0.6 is 0 Å². The van der Waals surface area contributed by atoms with Gasteiger partial charge in [0, 0.05) is 18.3 Å². The smallest absolute Gasteiger partial charge is 0.388 e. The zero-order valence-corrected chi connectivity index (χ0v) is 10.4. The fourth-order valence-corrected chi connectivity index (χ4v) is 1.69. The first-order chi connectivity index (χ1) is 9.13. The van der Waals surface area contributed by atoms with E-state index in [-0.39, 0.29) is 5.88 Å². The summed E-state index contributed by atoms with van der Waals surface area (Å²) >= 11 is 0. The number of aromatic nitrogens is 1. The highest BCUT2D eigenvalue weighted by molar-refractivity contribution is 5.78. The van der Waals surface area contributed by atoms with Gasteiger partial charge < -0.3 is 15.8 Å². The van der Waals surface area contributed by atoms with Crippen molar-refractivity contribution in [3.8, 4) is 5.88 Å². The zero-order chi connectivity index (χ0) is 13.7. The van der Waals surface area contributed by atoms with Crippen LogP contribution in [-0.2, 0) is 6.54 Å². The summed E-state index contributed by atoms with van der Waals surface area (Å²) in [4.78, 5) is 7.83. The molecule has 1 aliphatic rings. The number of nitrogens with one attached hydrogen (secondary N) is 1. The van der Waals surface area contributed by atoms with Gasteiger partial charge in [0.05, 0.1) is 6.54 Å². The van der Waals surface area contributed by atoms with Crippen molar-refractivity contribution in [2.75, 3.05) is 0 Å². The monoisotopic (exact) mass is 270 g/mol. The first-order valence-corrected chi connectivity index (χ1v) is 6.09. The predicted molar refractivity (Wildman–Crippen MR) is 67.0 cm³/mol. The SMILES string of the molecule is NC(=NCc1ccnc(OC(F)F)c1)NC1CCC1. The van der Waals surface area contributed by atoms with Crippen molar-refractivity contribution in [2.45, 2.75) is 38.5 Å². The molecular formula is C12H16F2N4O. The van der Waals surface area contributed by atoms with E-state index in [9.17, 15) is 8.78 Å². The van der Waals surface area contributed by atoms with Gasteiger partial charge in [-0.05, 0) is 30.9 Å². The van der Waals surface area contributed by atoms with Crippen LogP contribution in [0.25, 0.3) is 0 Å². The Kier molecular flexibility index (Phi) is 4.48. The van der Waals surface area contributed by atoms with Gasteiger partial charge in [-0.2, -0.15) is 8.78 Å². The molecule has 1 saturated carbocycles. The maximum atomic E-state index is 12.0. The van der Waals surface area contributed by atoms with Crippen LogP contribution in [-0.4, -0.2) is 23.6 Å². The minimum Gasteiger partial charge on any atom is -0.417 e. The summed E-state index contributed by atoms with van der Waals surface area (Å²) in [5.41, 5.74) is 6.43. The lowest BCUT2D eigenvalue weighted by molar-refractivity contribution is -0.0528. The molecule has 1 aromatic rings. The van der Waals surface area contributed by atoms with Crippen LogP contribution in [0.1, 0.15) is 24.8 Å². The molecule has 5 nitrogen and oxygen atoms in total. The van der Waals surface area contributed by atoms with E-state index in [0.717, 1.165) is 12.8 Å². The molecule has 1 aromatic heterocycles. The topological polar surface area (TPSA) is 72.5 Å². The van der Waals surface area contributed by atoms with E-state index in [1.807, 2.05) is 0 Å². The summed E-state index contributed by atoms with van der Waals surface area (Å²) in [6, 6.07) is 3.52. The van der Waals surface area contributed by atoms with Crippen molar-refractivity contribution in [3.63, 3.8) is 0 Å². The maximum absolute atomic E-state index is 12.0. The molecule has 3 N–H and O–H groups in total. The lowest BCUT2D eigenvalue weighted by Gasteiger charge is -2.26.